The Morgan fingerprint density at radius 1 is 0.975 bits per heavy atom. The van der Waals surface area contributed by atoms with Crippen molar-refractivity contribution in [3.8, 4) is 0 Å². The summed E-state index contributed by atoms with van der Waals surface area (Å²) in [5, 5.41) is 13.5. The first kappa shape index (κ1) is 30.1. The van der Waals surface area contributed by atoms with Gasteiger partial charge in [0.1, 0.15) is 18.3 Å². The zero-order chi connectivity index (χ0) is 29.1. The molecule has 1 unspecified atom stereocenters. The van der Waals surface area contributed by atoms with Crippen molar-refractivity contribution in [2.24, 2.45) is 0 Å². The van der Waals surface area contributed by atoms with E-state index in [-0.39, 0.29) is 17.7 Å². The van der Waals surface area contributed by atoms with E-state index in [9.17, 15) is 14.7 Å². The fourth-order valence-corrected chi connectivity index (χ4v) is 9.94. The SMILES string of the molecule is CO[C@@H](C)[C@H](C)O[C@H]1C(O)[C@@H](CO[Si](c2ccccc2)(c2ccccc2)C(C)(C)C)O[C@H]1n1ccc(=O)[nH]c1=O. The van der Waals surface area contributed by atoms with Crippen LogP contribution in [0.15, 0.2) is 82.5 Å². The Labute approximate surface area is 235 Å². The second-order valence-electron chi connectivity index (χ2n) is 11.3. The zero-order valence-electron chi connectivity index (χ0n) is 23.9. The third-order valence-electron chi connectivity index (χ3n) is 7.72. The van der Waals surface area contributed by atoms with Crippen LogP contribution in [0.4, 0.5) is 0 Å². The average Bonchev–Trinajstić information content (AvgIpc) is 3.23. The molecular weight excluding hydrogens is 528 g/mol. The summed E-state index contributed by atoms with van der Waals surface area (Å²) >= 11 is 0. The van der Waals surface area contributed by atoms with Gasteiger partial charge < -0.3 is 23.7 Å². The summed E-state index contributed by atoms with van der Waals surface area (Å²) in [6.45, 7) is 10.3. The van der Waals surface area contributed by atoms with Gasteiger partial charge in [0.25, 0.3) is 13.9 Å². The molecule has 9 nitrogen and oxygen atoms in total. The molecule has 40 heavy (non-hydrogen) atoms. The second kappa shape index (κ2) is 12.3. The van der Waals surface area contributed by atoms with E-state index in [0.717, 1.165) is 10.4 Å². The predicted octanol–water partition coefficient (Wildman–Crippen LogP) is 2.18. The van der Waals surface area contributed by atoms with Crippen LogP contribution in [0.5, 0.6) is 0 Å². The van der Waals surface area contributed by atoms with Crippen molar-refractivity contribution in [2.75, 3.05) is 13.7 Å². The first-order valence-electron chi connectivity index (χ1n) is 13.6. The molecule has 0 radical (unpaired) electrons. The molecule has 0 aliphatic carbocycles. The van der Waals surface area contributed by atoms with E-state index in [1.54, 1.807) is 7.11 Å². The Bertz CT molecular complexity index is 1320. The van der Waals surface area contributed by atoms with Crippen LogP contribution in [-0.4, -0.2) is 67.2 Å². The maximum absolute atomic E-state index is 12.7. The summed E-state index contributed by atoms with van der Waals surface area (Å²) in [5.74, 6) is 0. The molecule has 0 saturated carbocycles. The van der Waals surface area contributed by atoms with Crippen LogP contribution in [-0.2, 0) is 18.6 Å². The van der Waals surface area contributed by atoms with Crippen LogP contribution in [0.25, 0.3) is 0 Å². The summed E-state index contributed by atoms with van der Waals surface area (Å²) in [5.41, 5.74) is -1.18. The lowest BCUT2D eigenvalue weighted by molar-refractivity contribution is -0.130. The molecule has 1 aromatic heterocycles. The second-order valence-corrected chi connectivity index (χ2v) is 15.6. The number of rotatable bonds is 10. The van der Waals surface area contributed by atoms with E-state index >= 15 is 0 Å². The molecule has 0 amide bonds. The number of methoxy groups -OCH3 is 1. The minimum absolute atomic E-state index is 0.0666. The topological polar surface area (TPSA) is 112 Å². The Balaban J connectivity index is 1.71. The minimum Gasteiger partial charge on any atom is -0.405 e. The lowest BCUT2D eigenvalue weighted by atomic mass is 10.1. The van der Waals surface area contributed by atoms with Gasteiger partial charge in [0.05, 0.1) is 18.8 Å². The summed E-state index contributed by atoms with van der Waals surface area (Å²) in [6, 6.07) is 21.6. The van der Waals surface area contributed by atoms with Crippen LogP contribution in [0.2, 0.25) is 5.04 Å². The number of benzene rings is 2. The monoisotopic (exact) mass is 568 g/mol. The van der Waals surface area contributed by atoms with Crippen LogP contribution >= 0.6 is 0 Å². The quantitative estimate of drug-likeness (QED) is 0.361. The maximum atomic E-state index is 12.7. The summed E-state index contributed by atoms with van der Waals surface area (Å²) in [6.07, 6.45) is -3.15. The van der Waals surface area contributed by atoms with E-state index in [0.29, 0.717) is 0 Å². The van der Waals surface area contributed by atoms with E-state index in [1.165, 1.54) is 16.8 Å². The average molecular weight is 569 g/mol. The van der Waals surface area contributed by atoms with Gasteiger partial charge in [-0.2, -0.15) is 0 Å². The normalized spacial score (nSPS) is 23.2. The van der Waals surface area contributed by atoms with Crippen LogP contribution in [0, 0.1) is 0 Å². The molecule has 1 fully saturated rings. The van der Waals surface area contributed by atoms with Crippen LogP contribution < -0.4 is 21.6 Å². The fourth-order valence-electron chi connectivity index (χ4n) is 5.37. The first-order valence-corrected chi connectivity index (χ1v) is 15.5. The Hall–Kier alpha value is -2.86. The lowest BCUT2D eigenvalue weighted by Gasteiger charge is -2.43. The molecule has 10 heteroatoms. The highest BCUT2D eigenvalue weighted by Crippen LogP contribution is 2.38. The van der Waals surface area contributed by atoms with E-state index < -0.39 is 50.2 Å². The van der Waals surface area contributed by atoms with Gasteiger partial charge >= 0.3 is 5.69 Å². The third kappa shape index (κ3) is 5.92. The zero-order valence-corrected chi connectivity index (χ0v) is 24.9. The Kier molecular flexibility index (Phi) is 9.28. The largest absolute Gasteiger partial charge is 0.405 e. The molecule has 2 heterocycles. The van der Waals surface area contributed by atoms with Crippen molar-refractivity contribution < 1.29 is 23.7 Å². The van der Waals surface area contributed by atoms with Crippen molar-refractivity contribution in [1.29, 1.82) is 0 Å². The molecule has 216 valence electrons. The molecule has 2 N–H and O–H groups in total. The highest BCUT2D eigenvalue weighted by atomic mass is 28.4. The Morgan fingerprint density at radius 3 is 2.05 bits per heavy atom. The lowest BCUT2D eigenvalue weighted by Crippen LogP contribution is -2.67. The molecule has 0 spiro atoms. The maximum Gasteiger partial charge on any atom is 0.330 e. The highest BCUT2D eigenvalue weighted by molar-refractivity contribution is 6.99. The van der Waals surface area contributed by atoms with Crippen molar-refractivity contribution in [3.63, 3.8) is 0 Å². The van der Waals surface area contributed by atoms with Gasteiger partial charge in [-0.25, -0.2) is 4.79 Å². The van der Waals surface area contributed by atoms with Gasteiger partial charge in [-0.3, -0.25) is 14.3 Å². The molecular formula is C30H40N2O7Si. The predicted molar refractivity (Wildman–Crippen MR) is 156 cm³/mol. The molecule has 0 bridgehead atoms. The number of nitrogens with one attached hydrogen (secondary N) is 1. The van der Waals surface area contributed by atoms with E-state index in [1.807, 2.05) is 50.2 Å². The molecule has 1 aliphatic rings. The van der Waals surface area contributed by atoms with E-state index in [2.05, 4.69) is 50.0 Å². The van der Waals surface area contributed by atoms with Gasteiger partial charge in [-0.05, 0) is 29.3 Å². The number of aromatic amines is 1. The number of hydrogen-bond acceptors (Lipinski definition) is 7. The standard InChI is InChI=1S/C30H40N2O7Si/c1-20(36-6)21(2)38-27-26(34)24(39-28(27)32-18-17-25(33)31-29(32)35)19-37-40(30(3,4)5,22-13-9-7-10-14-22)23-15-11-8-12-16-23/h7-18,20-21,24,26-28,34H,19H2,1-6H3,(H,31,33,35)/t20-,21-,24+,26?,27-,28+/m0/s1. The molecule has 3 aromatic rings. The number of nitrogens with zero attached hydrogens (tertiary/aromatic N) is 1. The highest BCUT2D eigenvalue weighted by Gasteiger charge is 2.53. The van der Waals surface area contributed by atoms with E-state index in [4.69, 9.17) is 18.6 Å². The number of H-pyrrole nitrogens is 1. The van der Waals surface area contributed by atoms with Gasteiger partial charge in [-0.15, -0.1) is 0 Å². The van der Waals surface area contributed by atoms with Gasteiger partial charge in [0, 0.05) is 19.4 Å². The molecule has 1 saturated heterocycles. The number of aliphatic hydroxyl groups excluding tert-OH is 1. The van der Waals surface area contributed by atoms with Crippen LogP contribution in [0.3, 0.4) is 0 Å². The Morgan fingerprint density at radius 2 is 1.55 bits per heavy atom. The summed E-state index contributed by atoms with van der Waals surface area (Å²) in [4.78, 5) is 26.7. The molecule has 2 aromatic carbocycles. The summed E-state index contributed by atoms with van der Waals surface area (Å²) in [7, 11) is -1.33. The molecule has 6 atom stereocenters. The smallest absolute Gasteiger partial charge is 0.330 e. The number of aliphatic hydroxyl groups is 1. The van der Waals surface area contributed by atoms with Crippen molar-refractivity contribution in [1.82, 2.24) is 9.55 Å². The van der Waals surface area contributed by atoms with Gasteiger partial charge in [0.2, 0.25) is 0 Å². The summed E-state index contributed by atoms with van der Waals surface area (Å²) < 4.78 is 26.2. The molecule has 1 aliphatic heterocycles. The first-order chi connectivity index (χ1) is 19.0. The van der Waals surface area contributed by atoms with Crippen LogP contribution in [0.1, 0.15) is 40.8 Å². The minimum atomic E-state index is -2.91. The fraction of sp³-hybridized carbons (Fsp3) is 0.467. The van der Waals surface area contributed by atoms with Gasteiger partial charge in [0.15, 0.2) is 6.23 Å². The van der Waals surface area contributed by atoms with Crippen molar-refractivity contribution in [2.45, 2.75) is 76.4 Å². The van der Waals surface area contributed by atoms with Crippen molar-refractivity contribution >= 4 is 18.7 Å². The number of ether oxygens (including phenoxy) is 3. The number of hydrogen-bond donors (Lipinski definition) is 2. The van der Waals surface area contributed by atoms with Crippen molar-refractivity contribution in [3.05, 3.63) is 93.8 Å². The van der Waals surface area contributed by atoms with Gasteiger partial charge in [-0.1, -0.05) is 81.4 Å². The number of aromatic nitrogens is 2. The molecule has 4 rings (SSSR count). The third-order valence-corrected chi connectivity index (χ3v) is 12.7.